The zero-order valence-corrected chi connectivity index (χ0v) is 11.9. The first-order valence-electron chi connectivity index (χ1n) is 6.46. The van der Waals surface area contributed by atoms with Gasteiger partial charge in [-0.25, -0.2) is 0 Å². The van der Waals surface area contributed by atoms with E-state index in [2.05, 4.69) is 13.8 Å². The van der Waals surface area contributed by atoms with Crippen molar-refractivity contribution in [3.8, 4) is 0 Å². The maximum atomic E-state index is 12.3. The van der Waals surface area contributed by atoms with Crippen LogP contribution in [0.25, 0.3) is 0 Å². The van der Waals surface area contributed by atoms with E-state index >= 15 is 0 Å². The van der Waals surface area contributed by atoms with Gasteiger partial charge < -0.3 is 10.6 Å². The van der Waals surface area contributed by atoms with Crippen molar-refractivity contribution in [2.75, 3.05) is 10.6 Å². The first-order chi connectivity index (χ1) is 8.24. The van der Waals surface area contributed by atoms with E-state index in [1.807, 2.05) is 37.8 Å². The minimum Gasteiger partial charge on any atom is -0.399 e. The highest BCUT2D eigenvalue weighted by molar-refractivity contribution is 5.98. The Labute approximate surface area is 109 Å². The topological polar surface area (TPSA) is 46.3 Å². The van der Waals surface area contributed by atoms with Crippen LogP contribution < -0.4 is 10.6 Å². The fourth-order valence-corrected chi connectivity index (χ4v) is 2.71. The fourth-order valence-electron chi connectivity index (χ4n) is 2.71. The van der Waals surface area contributed by atoms with Crippen LogP contribution >= 0.6 is 0 Å². The number of carbonyl (C=O) groups is 1. The van der Waals surface area contributed by atoms with Crippen LogP contribution in [0.2, 0.25) is 0 Å². The smallest absolute Gasteiger partial charge is 0.228 e. The fraction of sp³-hybridized carbons (Fsp3) is 0.533. The summed E-state index contributed by atoms with van der Waals surface area (Å²) in [5, 5.41) is 0. The molecule has 0 bridgehead atoms. The van der Waals surface area contributed by atoms with Crippen LogP contribution in [-0.4, -0.2) is 11.9 Å². The molecular weight excluding hydrogens is 224 g/mol. The molecule has 1 aliphatic rings. The van der Waals surface area contributed by atoms with E-state index in [0.29, 0.717) is 6.42 Å². The van der Waals surface area contributed by atoms with Crippen LogP contribution in [0.1, 0.15) is 45.2 Å². The lowest BCUT2D eigenvalue weighted by Gasteiger charge is -2.41. The Kier molecular flexibility index (Phi) is 2.88. The Balaban J connectivity index is 2.69. The average Bonchev–Trinajstić information content (AvgIpc) is 2.19. The first-order valence-corrected chi connectivity index (χ1v) is 6.46. The lowest BCUT2D eigenvalue weighted by atomic mass is 9.76. The van der Waals surface area contributed by atoms with Gasteiger partial charge in [0.05, 0.1) is 0 Å². The van der Waals surface area contributed by atoms with Crippen molar-refractivity contribution in [1.82, 2.24) is 0 Å². The van der Waals surface area contributed by atoms with Gasteiger partial charge >= 0.3 is 0 Å². The second-order valence-corrected chi connectivity index (χ2v) is 6.14. The molecule has 3 heteroatoms. The molecule has 1 aromatic carbocycles. The molecule has 0 saturated carbocycles. The molecule has 0 fully saturated rings. The quantitative estimate of drug-likeness (QED) is 0.774. The van der Waals surface area contributed by atoms with Gasteiger partial charge in [-0.1, -0.05) is 13.8 Å². The normalized spacial score (nSPS) is 18.1. The number of nitrogens with zero attached hydrogens (tertiary/aromatic N) is 1. The maximum absolute atomic E-state index is 12.3. The zero-order valence-electron chi connectivity index (χ0n) is 11.9. The Hall–Kier alpha value is -1.51. The van der Waals surface area contributed by atoms with Crippen molar-refractivity contribution < 1.29 is 4.79 Å². The molecule has 1 amide bonds. The standard InChI is InChI=1S/C15H22N2O/c1-9(2)17-13-6-10(3)12(16)7-11(13)15(4,5)8-14(17)18/h6-7,9H,8,16H2,1-5H3. The molecule has 0 aliphatic carbocycles. The van der Waals surface area contributed by atoms with Crippen LogP contribution in [-0.2, 0) is 10.2 Å². The number of fused-ring (bicyclic) bond motifs is 1. The molecule has 2 rings (SSSR count). The summed E-state index contributed by atoms with van der Waals surface area (Å²) < 4.78 is 0. The molecule has 1 aliphatic heterocycles. The molecule has 0 spiro atoms. The Bertz CT molecular complexity index is 503. The van der Waals surface area contributed by atoms with Crippen molar-refractivity contribution in [1.29, 1.82) is 0 Å². The van der Waals surface area contributed by atoms with Crippen LogP contribution in [0, 0.1) is 6.92 Å². The van der Waals surface area contributed by atoms with Crippen molar-refractivity contribution >= 4 is 17.3 Å². The van der Waals surface area contributed by atoms with Gasteiger partial charge in [0.2, 0.25) is 5.91 Å². The van der Waals surface area contributed by atoms with E-state index in [9.17, 15) is 4.79 Å². The van der Waals surface area contributed by atoms with Crippen LogP contribution in [0.15, 0.2) is 12.1 Å². The largest absolute Gasteiger partial charge is 0.399 e. The van der Waals surface area contributed by atoms with Crippen LogP contribution in [0.5, 0.6) is 0 Å². The molecule has 0 radical (unpaired) electrons. The highest BCUT2D eigenvalue weighted by atomic mass is 16.2. The van der Waals surface area contributed by atoms with E-state index in [1.165, 1.54) is 5.56 Å². The monoisotopic (exact) mass is 246 g/mol. The number of nitrogen functional groups attached to an aromatic ring is 1. The third-order valence-corrected chi connectivity index (χ3v) is 3.75. The molecule has 0 saturated heterocycles. The zero-order chi connectivity index (χ0) is 13.7. The van der Waals surface area contributed by atoms with E-state index < -0.39 is 0 Å². The number of carbonyl (C=O) groups excluding carboxylic acids is 1. The van der Waals surface area contributed by atoms with Crippen molar-refractivity contribution in [2.24, 2.45) is 0 Å². The molecule has 0 atom stereocenters. The predicted molar refractivity (Wildman–Crippen MR) is 75.9 cm³/mol. The van der Waals surface area contributed by atoms with E-state index in [0.717, 1.165) is 16.9 Å². The van der Waals surface area contributed by atoms with Gasteiger partial charge in [-0.15, -0.1) is 0 Å². The first kappa shape index (κ1) is 12.9. The highest BCUT2D eigenvalue weighted by Crippen LogP contribution is 2.42. The molecule has 2 N–H and O–H groups in total. The van der Waals surface area contributed by atoms with Gasteiger partial charge in [-0.3, -0.25) is 4.79 Å². The lowest BCUT2D eigenvalue weighted by Crippen LogP contribution is -2.45. The number of hydrogen-bond donors (Lipinski definition) is 1. The third kappa shape index (κ3) is 1.88. The Morgan fingerprint density at radius 2 is 1.94 bits per heavy atom. The summed E-state index contributed by atoms with van der Waals surface area (Å²) in [5.74, 6) is 0.201. The molecule has 98 valence electrons. The number of rotatable bonds is 1. The minimum absolute atomic E-state index is 0.139. The number of benzene rings is 1. The van der Waals surface area contributed by atoms with Gasteiger partial charge in [0, 0.05) is 29.3 Å². The number of aryl methyl sites for hydroxylation is 1. The van der Waals surface area contributed by atoms with E-state index in [1.54, 1.807) is 0 Å². The van der Waals surface area contributed by atoms with Gasteiger partial charge in [0.25, 0.3) is 0 Å². The summed E-state index contributed by atoms with van der Waals surface area (Å²) in [7, 11) is 0. The van der Waals surface area contributed by atoms with Crippen molar-refractivity contribution in [3.63, 3.8) is 0 Å². The molecule has 0 unspecified atom stereocenters. The van der Waals surface area contributed by atoms with Crippen LogP contribution in [0.4, 0.5) is 11.4 Å². The molecule has 0 aromatic heterocycles. The summed E-state index contributed by atoms with van der Waals surface area (Å²) in [6, 6.07) is 4.26. The molecule has 1 heterocycles. The summed E-state index contributed by atoms with van der Waals surface area (Å²) >= 11 is 0. The summed E-state index contributed by atoms with van der Waals surface area (Å²) in [5.41, 5.74) is 9.92. The summed E-state index contributed by atoms with van der Waals surface area (Å²) in [6.07, 6.45) is 0.542. The summed E-state index contributed by atoms with van der Waals surface area (Å²) in [4.78, 5) is 14.2. The van der Waals surface area contributed by atoms with Gasteiger partial charge in [-0.05, 0) is 44.0 Å². The second kappa shape index (κ2) is 4.01. The Morgan fingerprint density at radius 1 is 1.33 bits per heavy atom. The van der Waals surface area contributed by atoms with E-state index in [4.69, 9.17) is 5.73 Å². The number of nitrogens with two attached hydrogens (primary N) is 1. The third-order valence-electron chi connectivity index (χ3n) is 3.75. The van der Waals surface area contributed by atoms with Crippen LogP contribution in [0.3, 0.4) is 0 Å². The average molecular weight is 246 g/mol. The summed E-state index contributed by atoms with van der Waals surface area (Å²) in [6.45, 7) is 10.3. The number of amides is 1. The van der Waals surface area contributed by atoms with Crippen molar-refractivity contribution in [2.45, 2.75) is 52.5 Å². The molecule has 3 nitrogen and oxygen atoms in total. The predicted octanol–water partition coefficient (Wildman–Crippen LogP) is 3.00. The second-order valence-electron chi connectivity index (χ2n) is 6.14. The minimum atomic E-state index is -0.139. The van der Waals surface area contributed by atoms with Gasteiger partial charge in [0.1, 0.15) is 0 Å². The maximum Gasteiger partial charge on any atom is 0.228 e. The van der Waals surface area contributed by atoms with Gasteiger partial charge in [0.15, 0.2) is 0 Å². The van der Waals surface area contributed by atoms with Crippen molar-refractivity contribution in [3.05, 3.63) is 23.3 Å². The number of hydrogen-bond acceptors (Lipinski definition) is 2. The molecular formula is C15H22N2O. The highest BCUT2D eigenvalue weighted by Gasteiger charge is 2.37. The SMILES string of the molecule is Cc1cc2c(cc1N)C(C)(C)CC(=O)N2C(C)C. The lowest BCUT2D eigenvalue weighted by molar-refractivity contribution is -0.120. The molecule has 18 heavy (non-hydrogen) atoms. The van der Waals surface area contributed by atoms with E-state index in [-0.39, 0.29) is 17.4 Å². The van der Waals surface area contributed by atoms with Gasteiger partial charge in [-0.2, -0.15) is 0 Å². The molecule has 1 aromatic rings. The number of anilines is 2. The Morgan fingerprint density at radius 3 is 2.50 bits per heavy atom.